The van der Waals surface area contributed by atoms with Crippen molar-refractivity contribution in [2.24, 2.45) is 5.10 Å². The van der Waals surface area contributed by atoms with Crippen LogP contribution in [0.2, 0.25) is 5.02 Å². The maximum atomic E-state index is 12.2. The van der Waals surface area contributed by atoms with Crippen molar-refractivity contribution in [2.45, 2.75) is 26.3 Å². The molecule has 1 aromatic heterocycles. The molecule has 0 spiro atoms. The van der Waals surface area contributed by atoms with Gasteiger partial charge in [-0.15, -0.1) is 0 Å². The maximum absolute atomic E-state index is 12.2. The van der Waals surface area contributed by atoms with Crippen LogP contribution in [0.4, 0.5) is 0 Å². The fourth-order valence-corrected chi connectivity index (χ4v) is 3.70. The molecule has 3 aromatic carbocycles. The first-order valence-corrected chi connectivity index (χ1v) is 10.8. The van der Waals surface area contributed by atoms with Crippen molar-refractivity contribution in [3.05, 3.63) is 100 Å². The second-order valence-corrected chi connectivity index (χ2v) is 8.43. The van der Waals surface area contributed by atoms with Crippen molar-refractivity contribution in [3.8, 4) is 5.75 Å². The average molecular weight is 446 g/mol. The highest BCUT2D eigenvalue weighted by Crippen LogP contribution is 2.23. The minimum Gasteiger partial charge on any atom is -0.506 e. The van der Waals surface area contributed by atoms with Gasteiger partial charge in [0.05, 0.1) is 11.2 Å². The quantitative estimate of drug-likeness (QED) is 0.285. The lowest BCUT2D eigenvalue weighted by Crippen LogP contribution is -2.17. The van der Waals surface area contributed by atoms with E-state index in [1.54, 1.807) is 6.21 Å². The van der Waals surface area contributed by atoms with E-state index in [0.717, 1.165) is 23.0 Å². The van der Waals surface area contributed by atoms with E-state index in [-0.39, 0.29) is 10.8 Å². The topological polar surface area (TPSA) is 66.6 Å². The molecular weight excluding hydrogens is 422 g/mol. The summed E-state index contributed by atoms with van der Waals surface area (Å²) in [6, 6.07) is 21.1. The Morgan fingerprint density at radius 3 is 2.59 bits per heavy atom. The zero-order valence-electron chi connectivity index (χ0n) is 17.9. The van der Waals surface area contributed by atoms with E-state index in [1.807, 2.05) is 12.1 Å². The van der Waals surface area contributed by atoms with Crippen LogP contribution < -0.4 is 5.43 Å². The SMILES string of the molecule is CC(C)c1ccc(Cn2ccc3cc(/C=N/NC(=O)c4ccc(O)c(Cl)c4)ccc32)cc1. The number of phenols is 1. The van der Waals surface area contributed by atoms with Crippen LogP contribution in [0.3, 0.4) is 0 Å². The van der Waals surface area contributed by atoms with Gasteiger partial charge in [-0.25, -0.2) is 5.43 Å². The predicted molar refractivity (Wildman–Crippen MR) is 130 cm³/mol. The number of hydrazone groups is 1. The number of fused-ring (bicyclic) bond motifs is 1. The number of amides is 1. The molecule has 32 heavy (non-hydrogen) atoms. The van der Waals surface area contributed by atoms with E-state index in [1.165, 1.54) is 29.3 Å². The second kappa shape index (κ2) is 9.28. The Bertz CT molecular complexity index is 1290. The Hall–Kier alpha value is -3.57. The highest BCUT2D eigenvalue weighted by molar-refractivity contribution is 6.32. The van der Waals surface area contributed by atoms with Crippen LogP contribution in [0.25, 0.3) is 10.9 Å². The zero-order valence-corrected chi connectivity index (χ0v) is 18.7. The summed E-state index contributed by atoms with van der Waals surface area (Å²) in [4.78, 5) is 12.2. The Morgan fingerprint density at radius 1 is 1.09 bits per heavy atom. The lowest BCUT2D eigenvalue weighted by atomic mass is 10.0. The van der Waals surface area contributed by atoms with E-state index in [0.29, 0.717) is 11.5 Å². The number of hydrogen-bond acceptors (Lipinski definition) is 3. The Balaban J connectivity index is 1.44. The lowest BCUT2D eigenvalue weighted by molar-refractivity contribution is 0.0955. The summed E-state index contributed by atoms with van der Waals surface area (Å²) in [6.45, 7) is 5.20. The third-order valence-electron chi connectivity index (χ3n) is 5.38. The first-order chi connectivity index (χ1) is 15.4. The highest BCUT2D eigenvalue weighted by atomic mass is 35.5. The van der Waals surface area contributed by atoms with Gasteiger partial charge in [0.2, 0.25) is 0 Å². The molecule has 162 valence electrons. The first kappa shape index (κ1) is 21.7. The molecule has 0 aliphatic rings. The van der Waals surface area contributed by atoms with Crippen LogP contribution >= 0.6 is 11.6 Å². The summed E-state index contributed by atoms with van der Waals surface area (Å²) in [5.41, 5.74) is 7.41. The molecular formula is C26H24ClN3O2. The molecule has 0 bridgehead atoms. The van der Waals surface area contributed by atoms with E-state index in [4.69, 9.17) is 11.6 Å². The number of aromatic nitrogens is 1. The van der Waals surface area contributed by atoms with Gasteiger partial charge >= 0.3 is 0 Å². The number of nitrogens with one attached hydrogen (secondary N) is 1. The van der Waals surface area contributed by atoms with Gasteiger partial charge in [0.25, 0.3) is 5.91 Å². The molecule has 4 rings (SSSR count). The minimum absolute atomic E-state index is 0.0699. The fourth-order valence-electron chi connectivity index (χ4n) is 3.52. The van der Waals surface area contributed by atoms with E-state index >= 15 is 0 Å². The Labute approximate surface area is 192 Å². The van der Waals surface area contributed by atoms with Crippen molar-refractivity contribution in [3.63, 3.8) is 0 Å². The largest absolute Gasteiger partial charge is 0.506 e. The van der Waals surface area contributed by atoms with Crippen LogP contribution in [0, 0.1) is 0 Å². The van der Waals surface area contributed by atoms with Gasteiger partial charge in [0, 0.05) is 29.2 Å². The number of phenolic OH excluding ortho intramolecular Hbond substituents is 1. The van der Waals surface area contributed by atoms with Crippen LogP contribution in [-0.4, -0.2) is 21.8 Å². The summed E-state index contributed by atoms with van der Waals surface area (Å²) in [7, 11) is 0. The highest BCUT2D eigenvalue weighted by Gasteiger charge is 2.08. The summed E-state index contributed by atoms with van der Waals surface area (Å²) >= 11 is 5.85. The minimum atomic E-state index is -0.404. The van der Waals surface area contributed by atoms with E-state index in [2.05, 4.69) is 71.5 Å². The van der Waals surface area contributed by atoms with Gasteiger partial charge in [0.15, 0.2) is 0 Å². The van der Waals surface area contributed by atoms with Crippen molar-refractivity contribution in [2.75, 3.05) is 0 Å². The molecule has 0 saturated heterocycles. The predicted octanol–water partition coefficient (Wildman–Crippen LogP) is 5.94. The third-order valence-corrected chi connectivity index (χ3v) is 5.69. The molecule has 0 aliphatic heterocycles. The number of carbonyl (C=O) groups excluding carboxylic acids is 1. The van der Waals surface area contributed by atoms with Crippen molar-refractivity contribution >= 4 is 34.6 Å². The molecule has 2 N–H and O–H groups in total. The molecule has 6 heteroatoms. The van der Waals surface area contributed by atoms with Crippen LogP contribution in [0.1, 0.15) is 46.8 Å². The Morgan fingerprint density at radius 2 is 1.88 bits per heavy atom. The average Bonchev–Trinajstić information content (AvgIpc) is 3.18. The molecule has 0 radical (unpaired) electrons. The van der Waals surface area contributed by atoms with Crippen LogP contribution in [-0.2, 0) is 6.54 Å². The van der Waals surface area contributed by atoms with Gasteiger partial charge in [-0.1, -0.05) is 55.8 Å². The van der Waals surface area contributed by atoms with Crippen molar-refractivity contribution < 1.29 is 9.90 Å². The molecule has 0 unspecified atom stereocenters. The first-order valence-electron chi connectivity index (χ1n) is 10.4. The number of halogens is 1. The van der Waals surface area contributed by atoms with Crippen LogP contribution in [0.5, 0.6) is 5.75 Å². The van der Waals surface area contributed by atoms with Gasteiger partial charge in [-0.2, -0.15) is 5.10 Å². The zero-order chi connectivity index (χ0) is 22.7. The van der Waals surface area contributed by atoms with Crippen molar-refractivity contribution in [1.29, 1.82) is 0 Å². The van der Waals surface area contributed by atoms with Gasteiger partial charge in [-0.05, 0) is 59.0 Å². The standard InChI is InChI=1S/C26H24ClN3O2/c1-17(2)20-6-3-18(4-7-20)16-30-12-11-21-13-19(5-9-24(21)30)15-28-29-26(32)22-8-10-25(31)23(27)14-22/h3-15,17,31H,16H2,1-2H3,(H,29,32)/b28-15+. The molecule has 0 fully saturated rings. The summed E-state index contributed by atoms with van der Waals surface area (Å²) in [6.07, 6.45) is 3.68. The molecule has 4 aromatic rings. The number of rotatable bonds is 6. The number of aromatic hydroxyl groups is 1. The molecule has 1 amide bonds. The molecule has 0 atom stereocenters. The van der Waals surface area contributed by atoms with Gasteiger partial charge in [-0.3, -0.25) is 4.79 Å². The molecule has 1 heterocycles. The van der Waals surface area contributed by atoms with Gasteiger partial charge < -0.3 is 9.67 Å². The summed E-state index contributed by atoms with van der Waals surface area (Å²) in [5, 5.41) is 14.7. The lowest BCUT2D eigenvalue weighted by Gasteiger charge is -2.09. The monoisotopic (exact) mass is 445 g/mol. The number of nitrogens with zero attached hydrogens (tertiary/aromatic N) is 2. The molecule has 5 nitrogen and oxygen atoms in total. The molecule has 0 aliphatic carbocycles. The second-order valence-electron chi connectivity index (χ2n) is 8.02. The normalized spacial score (nSPS) is 11.5. The molecule has 0 saturated carbocycles. The number of benzene rings is 3. The van der Waals surface area contributed by atoms with Crippen LogP contribution in [0.15, 0.2) is 78.0 Å². The summed E-state index contributed by atoms with van der Waals surface area (Å²) in [5.74, 6) is 0.0543. The van der Waals surface area contributed by atoms with Gasteiger partial charge in [0.1, 0.15) is 5.75 Å². The summed E-state index contributed by atoms with van der Waals surface area (Å²) < 4.78 is 2.22. The van der Waals surface area contributed by atoms with E-state index in [9.17, 15) is 9.90 Å². The smallest absolute Gasteiger partial charge is 0.271 e. The Kier molecular flexibility index (Phi) is 6.28. The third kappa shape index (κ3) is 4.84. The van der Waals surface area contributed by atoms with E-state index < -0.39 is 5.91 Å². The number of carbonyl (C=O) groups is 1. The fraction of sp³-hybridized carbons (Fsp3) is 0.154. The van der Waals surface area contributed by atoms with Crippen molar-refractivity contribution in [1.82, 2.24) is 9.99 Å². The maximum Gasteiger partial charge on any atom is 0.271 e. The number of hydrogen-bond donors (Lipinski definition) is 2.